The first-order valence-electron chi connectivity index (χ1n) is 11.1. The lowest BCUT2D eigenvalue weighted by atomic mass is 9.97. The second-order valence-electron chi connectivity index (χ2n) is 8.23. The number of carbonyl (C=O) groups excluding carboxylic acids is 2. The fraction of sp³-hybridized carbons (Fsp3) is 0.417. The molecule has 3 amide bonds. The van der Waals surface area contributed by atoms with Crippen LogP contribution in [-0.4, -0.2) is 48.7 Å². The molecular weight excluding hydrogens is 426 g/mol. The van der Waals surface area contributed by atoms with Gasteiger partial charge in [0.2, 0.25) is 12.7 Å². The Bertz CT molecular complexity index is 970. The molecule has 0 saturated carbocycles. The molecule has 2 aromatic rings. The van der Waals surface area contributed by atoms with Crippen LogP contribution >= 0.6 is 0 Å². The lowest BCUT2D eigenvalue weighted by molar-refractivity contribution is -0.131. The van der Waals surface area contributed by atoms with Crippen molar-refractivity contribution in [1.82, 2.24) is 10.6 Å². The van der Waals surface area contributed by atoms with E-state index in [0.717, 1.165) is 5.56 Å². The van der Waals surface area contributed by atoms with E-state index in [9.17, 15) is 14.7 Å². The molecule has 2 heterocycles. The van der Waals surface area contributed by atoms with Crippen molar-refractivity contribution in [2.75, 3.05) is 18.7 Å². The second-order valence-corrected chi connectivity index (χ2v) is 8.23. The van der Waals surface area contributed by atoms with Gasteiger partial charge in [-0.05, 0) is 37.5 Å². The molecule has 2 aliphatic heterocycles. The largest absolute Gasteiger partial charge is 0.454 e. The Morgan fingerprint density at radius 1 is 1.09 bits per heavy atom. The summed E-state index contributed by atoms with van der Waals surface area (Å²) < 4.78 is 16.5. The maximum Gasteiger partial charge on any atom is 0.319 e. The molecule has 0 spiro atoms. The zero-order valence-electron chi connectivity index (χ0n) is 18.5. The molecule has 2 aliphatic rings. The highest BCUT2D eigenvalue weighted by atomic mass is 16.7. The average Bonchev–Trinajstić information content (AvgIpc) is 3.28. The van der Waals surface area contributed by atoms with E-state index in [4.69, 9.17) is 14.2 Å². The fourth-order valence-electron chi connectivity index (χ4n) is 4.09. The van der Waals surface area contributed by atoms with E-state index in [1.807, 2.05) is 37.3 Å². The molecule has 33 heavy (non-hydrogen) atoms. The van der Waals surface area contributed by atoms with Crippen molar-refractivity contribution in [2.24, 2.45) is 0 Å². The topological polar surface area (TPSA) is 118 Å². The maximum atomic E-state index is 12.5. The van der Waals surface area contributed by atoms with Crippen molar-refractivity contribution in [1.29, 1.82) is 0 Å². The maximum absolute atomic E-state index is 12.5. The minimum Gasteiger partial charge on any atom is -0.454 e. The minimum absolute atomic E-state index is 0.106. The van der Waals surface area contributed by atoms with Crippen LogP contribution in [-0.2, 0) is 9.53 Å². The highest BCUT2D eigenvalue weighted by molar-refractivity contribution is 5.90. The first kappa shape index (κ1) is 22.9. The molecule has 9 nitrogen and oxygen atoms in total. The molecule has 0 aromatic heterocycles. The molecular formula is C24H29N3O6. The summed E-state index contributed by atoms with van der Waals surface area (Å²) in [6.45, 7) is 1.84. The van der Waals surface area contributed by atoms with Crippen molar-refractivity contribution >= 4 is 17.6 Å². The number of ether oxygens (including phenoxy) is 3. The van der Waals surface area contributed by atoms with Gasteiger partial charge in [0.05, 0.1) is 31.2 Å². The van der Waals surface area contributed by atoms with E-state index in [1.54, 1.807) is 18.2 Å². The van der Waals surface area contributed by atoms with Gasteiger partial charge in [-0.1, -0.05) is 30.3 Å². The number of hydrogen-bond acceptors (Lipinski definition) is 6. The average molecular weight is 456 g/mol. The van der Waals surface area contributed by atoms with Crippen molar-refractivity contribution in [2.45, 2.75) is 50.5 Å². The molecule has 9 heteroatoms. The number of nitrogens with one attached hydrogen (secondary N) is 3. The summed E-state index contributed by atoms with van der Waals surface area (Å²) in [5, 5.41) is 18.4. The molecule has 4 atom stereocenters. The highest BCUT2D eigenvalue weighted by Crippen LogP contribution is 2.34. The van der Waals surface area contributed by atoms with Gasteiger partial charge in [-0.2, -0.15) is 0 Å². The predicted molar refractivity (Wildman–Crippen MR) is 121 cm³/mol. The van der Waals surface area contributed by atoms with Crippen LogP contribution in [0.1, 0.15) is 37.8 Å². The van der Waals surface area contributed by atoms with Gasteiger partial charge >= 0.3 is 6.03 Å². The first-order valence-corrected chi connectivity index (χ1v) is 11.1. The summed E-state index contributed by atoms with van der Waals surface area (Å²) in [5.74, 6) is 1.10. The summed E-state index contributed by atoms with van der Waals surface area (Å²) in [5.41, 5.74) is 1.59. The molecule has 4 rings (SSSR count). The number of urea groups is 1. The number of fused-ring (bicyclic) bond motifs is 1. The van der Waals surface area contributed by atoms with Crippen LogP contribution in [0, 0.1) is 0 Å². The van der Waals surface area contributed by atoms with Crippen LogP contribution in [0.25, 0.3) is 0 Å². The summed E-state index contributed by atoms with van der Waals surface area (Å²) in [6.07, 6.45) is 0.472. The van der Waals surface area contributed by atoms with E-state index in [0.29, 0.717) is 30.0 Å². The van der Waals surface area contributed by atoms with Crippen LogP contribution in [0.3, 0.4) is 0 Å². The lowest BCUT2D eigenvalue weighted by Crippen LogP contribution is -2.52. The van der Waals surface area contributed by atoms with Gasteiger partial charge in [-0.25, -0.2) is 4.79 Å². The Morgan fingerprint density at radius 2 is 1.88 bits per heavy atom. The monoisotopic (exact) mass is 455 g/mol. The molecule has 0 bridgehead atoms. The number of carbonyl (C=O) groups is 2. The van der Waals surface area contributed by atoms with Crippen molar-refractivity contribution in [3.8, 4) is 11.5 Å². The fourth-order valence-corrected chi connectivity index (χ4v) is 4.09. The van der Waals surface area contributed by atoms with Crippen LogP contribution in [0.5, 0.6) is 11.5 Å². The third kappa shape index (κ3) is 5.94. The molecule has 1 fully saturated rings. The highest BCUT2D eigenvalue weighted by Gasteiger charge is 2.33. The number of benzene rings is 2. The molecule has 176 valence electrons. The molecule has 0 aliphatic carbocycles. The van der Waals surface area contributed by atoms with Gasteiger partial charge in [0.25, 0.3) is 0 Å². The SMILES string of the molecule is C[C@H](NC(=O)C[C@H]1CC[C@H](NC(=O)Nc2ccc3c(c2)OCO3)[C@@H](CO)O1)c1ccccc1. The predicted octanol–water partition coefficient (Wildman–Crippen LogP) is 2.71. The number of anilines is 1. The summed E-state index contributed by atoms with van der Waals surface area (Å²) >= 11 is 0. The third-order valence-corrected chi connectivity index (χ3v) is 5.83. The Hall–Kier alpha value is -3.30. The number of aliphatic hydroxyl groups excluding tert-OH is 1. The first-order chi connectivity index (χ1) is 16.0. The number of aliphatic hydroxyl groups is 1. The van der Waals surface area contributed by atoms with Crippen LogP contribution in [0.2, 0.25) is 0 Å². The van der Waals surface area contributed by atoms with Crippen molar-refractivity contribution < 1.29 is 28.9 Å². The molecule has 0 unspecified atom stereocenters. The van der Waals surface area contributed by atoms with E-state index >= 15 is 0 Å². The van der Waals surface area contributed by atoms with Crippen LogP contribution < -0.4 is 25.4 Å². The number of rotatable bonds is 7. The summed E-state index contributed by atoms with van der Waals surface area (Å²) in [4.78, 5) is 24.9. The number of amides is 3. The van der Waals surface area contributed by atoms with Gasteiger partial charge < -0.3 is 35.3 Å². The smallest absolute Gasteiger partial charge is 0.319 e. The molecule has 2 aromatic carbocycles. The summed E-state index contributed by atoms with van der Waals surface area (Å²) in [6, 6.07) is 14.0. The van der Waals surface area contributed by atoms with Gasteiger partial charge in [0, 0.05) is 11.8 Å². The van der Waals surface area contributed by atoms with E-state index < -0.39 is 12.1 Å². The Balaban J connectivity index is 1.25. The van der Waals surface area contributed by atoms with Gasteiger partial charge in [0.15, 0.2) is 11.5 Å². The number of hydrogen-bond donors (Lipinski definition) is 4. The summed E-state index contributed by atoms with van der Waals surface area (Å²) in [7, 11) is 0. The Kier molecular flexibility index (Phi) is 7.31. The second kappa shape index (κ2) is 10.5. The zero-order valence-corrected chi connectivity index (χ0v) is 18.5. The third-order valence-electron chi connectivity index (χ3n) is 5.83. The van der Waals surface area contributed by atoms with E-state index in [1.165, 1.54) is 0 Å². The van der Waals surface area contributed by atoms with Crippen LogP contribution in [0.4, 0.5) is 10.5 Å². The zero-order chi connectivity index (χ0) is 23.2. The van der Waals surface area contributed by atoms with E-state index in [2.05, 4.69) is 16.0 Å². The quantitative estimate of drug-likeness (QED) is 0.510. The lowest BCUT2D eigenvalue weighted by Gasteiger charge is -2.36. The van der Waals surface area contributed by atoms with Crippen molar-refractivity contribution in [3.05, 3.63) is 54.1 Å². The molecule has 1 saturated heterocycles. The van der Waals surface area contributed by atoms with Gasteiger partial charge in [-0.15, -0.1) is 0 Å². The normalized spacial score (nSPS) is 22.3. The molecule has 0 radical (unpaired) electrons. The molecule has 4 N–H and O–H groups in total. The van der Waals surface area contributed by atoms with Crippen molar-refractivity contribution in [3.63, 3.8) is 0 Å². The standard InChI is InChI=1S/C24H29N3O6/c1-15(16-5-3-2-4-6-16)25-23(29)12-18-8-9-19(22(13-28)33-18)27-24(30)26-17-7-10-20-21(11-17)32-14-31-20/h2-7,10-11,15,18-19,22,28H,8-9,12-14H2,1H3,(H,25,29)(H2,26,27,30)/t15-,18+,19-,22+/m0/s1. The van der Waals surface area contributed by atoms with Gasteiger partial charge in [0.1, 0.15) is 6.10 Å². The Morgan fingerprint density at radius 3 is 2.67 bits per heavy atom. The minimum atomic E-state index is -0.592. The van der Waals surface area contributed by atoms with E-state index in [-0.39, 0.29) is 43.9 Å². The van der Waals surface area contributed by atoms with Gasteiger partial charge in [-0.3, -0.25) is 4.79 Å². The van der Waals surface area contributed by atoms with Crippen LogP contribution in [0.15, 0.2) is 48.5 Å². The Labute approximate surface area is 192 Å².